The van der Waals surface area contributed by atoms with Crippen molar-refractivity contribution in [2.75, 3.05) is 20.3 Å². The Balaban J connectivity index is 2.32. The van der Waals surface area contributed by atoms with E-state index in [-0.39, 0.29) is 12.6 Å². The Labute approximate surface area is 102 Å². The molecule has 3 unspecified atom stereocenters. The van der Waals surface area contributed by atoms with E-state index in [0.717, 1.165) is 12.8 Å². The van der Waals surface area contributed by atoms with Crippen molar-refractivity contribution < 1.29 is 19.4 Å². The van der Waals surface area contributed by atoms with Crippen LogP contribution in [0.2, 0.25) is 0 Å². The van der Waals surface area contributed by atoms with Crippen molar-refractivity contribution in [2.24, 2.45) is 11.3 Å². The Morgan fingerprint density at radius 1 is 1.47 bits per heavy atom. The van der Waals surface area contributed by atoms with E-state index in [1.54, 1.807) is 0 Å². The Morgan fingerprint density at radius 2 is 2.24 bits per heavy atom. The van der Waals surface area contributed by atoms with E-state index >= 15 is 0 Å². The minimum absolute atomic E-state index is 0.259. The number of carbonyl (C=O) groups excluding carboxylic acids is 1. The highest BCUT2D eigenvalue weighted by Crippen LogP contribution is 2.50. The molecule has 1 heterocycles. The van der Waals surface area contributed by atoms with Crippen LogP contribution in [-0.4, -0.2) is 37.0 Å². The Morgan fingerprint density at radius 3 is 2.76 bits per heavy atom. The third kappa shape index (κ3) is 1.97. The molecule has 2 fully saturated rings. The summed E-state index contributed by atoms with van der Waals surface area (Å²) in [6, 6.07) is 0. The van der Waals surface area contributed by atoms with Gasteiger partial charge in [0.05, 0.1) is 19.1 Å². The predicted octanol–water partition coefficient (Wildman–Crippen LogP) is 1.51. The van der Waals surface area contributed by atoms with Crippen molar-refractivity contribution in [1.82, 2.24) is 0 Å². The van der Waals surface area contributed by atoms with Gasteiger partial charge < -0.3 is 14.6 Å². The smallest absolute Gasteiger partial charge is 0.314 e. The second-order valence-electron chi connectivity index (χ2n) is 5.61. The first-order valence-electron chi connectivity index (χ1n) is 6.43. The summed E-state index contributed by atoms with van der Waals surface area (Å²) < 4.78 is 10.3. The van der Waals surface area contributed by atoms with Gasteiger partial charge in [-0.25, -0.2) is 0 Å². The first-order valence-corrected chi connectivity index (χ1v) is 6.43. The molecule has 1 aliphatic carbocycles. The fourth-order valence-corrected chi connectivity index (χ4v) is 3.48. The van der Waals surface area contributed by atoms with Crippen molar-refractivity contribution in [3.8, 4) is 0 Å². The number of carbonyl (C=O) groups is 1. The van der Waals surface area contributed by atoms with E-state index < -0.39 is 11.0 Å². The van der Waals surface area contributed by atoms with Crippen LogP contribution in [0.3, 0.4) is 0 Å². The van der Waals surface area contributed by atoms with Crippen molar-refractivity contribution in [2.45, 2.75) is 44.6 Å². The van der Waals surface area contributed by atoms with Gasteiger partial charge in [-0.15, -0.1) is 0 Å². The molecule has 98 valence electrons. The number of rotatable bonds is 2. The number of esters is 1. The van der Waals surface area contributed by atoms with E-state index in [4.69, 9.17) is 9.47 Å². The van der Waals surface area contributed by atoms with Gasteiger partial charge >= 0.3 is 5.97 Å². The van der Waals surface area contributed by atoms with Gasteiger partial charge in [-0.05, 0) is 18.8 Å². The van der Waals surface area contributed by atoms with Crippen LogP contribution in [0.4, 0.5) is 0 Å². The Hall–Kier alpha value is -0.610. The van der Waals surface area contributed by atoms with Crippen LogP contribution in [0.5, 0.6) is 0 Å². The lowest BCUT2D eigenvalue weighted by Gasteiger charge is -2.46. The van der Waals surface area contributed by atoms with Crippen molar-refractivity contribution >= 4 is 5.97 Å². The van der Waals surface area contributed by atoms with E-state index in [2.05, 4.69) is 6.92 Å². The molecule has 2 aliphatic rings. The van der Waals surface area contributed by atoms with Gasteiger partial charge in [0.15, 0.2) is 0 Å². The molecule has 1 saturated heterocycles. The molecular weight excluding hydrogens is 220 g/mol. The molecule has 0 bridgehead atoms. The first-order chi connectivity index (χ1) is 8.04. The fraction of sp³-hybridized carbons (Fsp3) is 0.923. The fourth-order valence-electron chi connectivity index (χ4n) is 3.48. The van der Waals surface area contributed by atoms with Crippen LogP contribution in [0, 0.1) is 11.3 Å². The summed E-state index contributed by atoms with van der Waals surface area (Å²) in [6.07, 6.45) is 4.05. The highest BCUT2D eigenvalue weighted by molar-refractivity contribution is 5.78. The standard InChI is InChI=1S/C13H22O4/c1-10-4-3-5-12(8-10,11(14)16-2)13(15)6-7-17-9-13/h10,15H,3-9H2,1-2H3. The van der Waals surface area contributed by atoms with Crippen molar-refractivity contribution in [3.05, 3.63) is 0 Å². The average Bonchev–Trinajstić information content (AvgIpc) is 2.76. The second kappa shape index (κ2) is 4.58. The van der Waals surface area contributed by atoms with Gasteiger partial charge in [0, 0.05) is 13.0 Å². The largest absolute Gasteiger partial charge is 0.469 e. The minimum atomic E-state index is -1.03. The quantitative estimate of drug-likeness (QED) is 0.746. The molecule has 2 rings (SSSR count). The molecule has 3 atom stereocenters. The van der Waals surface area contributed by atoms with E-state index in [1.165, 1.54) is 7.11 Å². The third-order valence-corrected chi connectivity index (χ3v) is 4.47. The molecule has 0 aromatic rings. The third-order valence-electron chi connectivity index (χ3n) is 4.47. The van der Waals surface area contributed by atoms with Crippen molar-refractivity contribution in [3.63, 3.8) is 0 Å². The lowest BCUT2D eigenvalue weighted by molar-refractivity contribution is -0.181. The zero-order valence-electron chi connectivity index (χ0n) is 10.7. The van der Waals surface area contributed by atoms with Gasteiger partial charge in [0.2, 0.25) is 0 Å². The molecule has 17 heavy (non-hydrogen) atoms. The molecule has 0 spiro atoms. The van der Waals surface area contributed by atoms with Crippen LogP contribution in [0.15, 0.2) is 0 Å². The maximum absolute atomic E-state index is 12.2. The molecule has 0 amide bonds. The number of hydrogen-bond donors (Lipinski definition) is 1. The van der Waals surface area contributed by atoms with Gasteiger partial charge in [-0.3, -0.25) is 4.79 Å². The molecular formula is C13H22O4. The van der Waals surface area contributed by atoms with E-state index in [0.29, 0.717) is 31.8 Å². The summed E-state index contributed by atoms with van der Waals surface area (Å²) in [5.41, 5.74) is -1.79. The molecule has 1 saturated carbocycles. The molecule has 0 aromatic heterocycles. The van der Waals surface area contributed by atoms with Crippen LogP contribution < -0.4 is 0 Å². The monoisotopic (exact) mass is 242 g/mol. The number of hydrogen-bond acceptors (Lipinski definition) is 4. The highest BCUT2D eigenvalue weighted by atomic mass is 16.5. The summed E-state index contributed by atoms with van der Waals surface area (Å²) in [4.78, 5) is 12.2. The van der Waals surface area contributed by atoms with Crippen LogP contribution >= 0.6 is 0 Å². The summed E-state index contributed by atoms with van der Waals surface area (Å²) in [6.45, 7) is 2.93. The molecule has 0 radical (unpaired) electrons. The zero-order valence-corrected chi connectivity index (χ0v) is 10.7. The van der Waals surface area contributed by atoms with Gasteiger partial charge in [0.25, 0.3) is 0 Å². The lowest BCUT2D eigenvalue weighted by Crippen LogP contribution is -2.56. The second-order valence-corrected chi connectivity index (χ2v) is 5.61. The molecule has 1 N–H and O–H groups in total. The number of ether oxygens (including phenoxy) is 2. The zero-order chi connectivity index (χ0) is 12.5. The molecule has 1 aliphatic heterocycles. The lowest BCUT2D eigenvalue weighted by atomic mass is 9.60. The summed E-state index contributed by atoms with van der Waals surface area (Å²) in [7, 11) is 1.41. The van der Waals surface area contributed by atoms with Crippen molar-refractivity contribution in [1.29, 1.82) is 0 Å². The van der Waals surface area contributed by atoms with Crippen LogP contribution in [-0.2, 0) is 14.3 Å². The summed E-state index contributed by atoms with van der Waals surface area (Å²) in [5.74, 6) is 0.185. The van der Waals surface area contributed by atoms with E-state index in [1.807, 2.05) is 0 Å². The molecule has 4 heteroatoms. The molecule has 4 nitrogen and oxygen atoms in total. The Kier molecular flexibility index (Phi) is 3.46. The maximum Gasteiger partial charge on any atom is 0.314 e. The van der Waals surface area contributed by atoms with Gasteiger partial charge in [0.1, 0.15) is 5.60 Å². The minimum Gasteiger partial charge on any atom is -0.469 e. The maximum atomic E-state index is 12.2. The number of aliphatic hydroxyl groups is 1. The Bertz CT molecular complexity index is 296. The number of methoxy groups -OCH3 is 1. The van der Waals surface area contributed by atoms with Crippen LogP contribution in [0.25, 0.3) is 0 Å². The average molecular weight is 242 g/mol. The highest BCUT2D eigenvalue weighted by Gasteiger charge is 2.59. The molecule has 0 aromatic carbocycles. The summed E-state index contributed by atoms with van der Waals surface area (Å²) in [5, 5.41) is 10.8. The van der Waals surface area contributed by atoms with Crippen LogP contribution in [0.1, 0.15) is 39.0 Å². The summed E-state index contributed by atoms with van der Waals surface area (Å²) >= 11 is 0. The van der Waals surface area contributed by atoms with Gasteiger partial charge in [-0.2, -0.15) is 0 Å². The predicted molar refractivity (Wildman–Crippen MR) is 62.5 cm³/mol. The van der Waals surface area contributed by atoms with Gasteiger partial charge in [-0.1, -0.05) is 19.8 Å². The normalized spacial score (nSPS) is 42.4. The van der Waals surface area contributed by atoms with E-state index in [9.17, 15) is 9.90 Å². The topological polar surface area (TPSA) is 55.8 Å². The first kappa shape index (κ1) is 12.8. The SMILES string of the molecule is COC(=O)C1(C2(O)CCOC2)CCCC(C)C1.